The third-order valence-electron chi connectivity index (χ3n) is 3.39. The standard InChI is InChI=1S/C13H23NO/c1-11(2)9-12(15)13(10-14)7-5-3-4-6-8-13/h9H,3-8,10,14H2,1-2H3. The van der Waals surface area contributed by atoms with Crippen LogP contribution >= 0.6 is 0 Å². The first kappa shape index (κ1) is 12.4. The number of rotatable bonds is 3. The quantitative estimate of drug-likeness (QED) is 0.573. The lowest BCUT2D eigenvalue weighted by molar-refractivity contribution is -0.124. The Balaban J connectivity index is 2.81. The second-order valence-electron chi connectivity index (χ2n) is 4.98. The van der Waals surface area contributed by atoms with Gasteiger partial charge in [0.05, 0.1) is 0 Å². The monoisotopic (exact) mass is 209 g/mol. The van der Waals surface area contributed by atoms with Crippen LogP contribution in [-0.4, -0.2) is 12.3 Å². The predicted octanol–water partition coefficient (Wildman–Crippen LogP) is 2.82. The minimum atomic E-state index is -0.242. The number of allylic oxidation sites excluding steroid dienone is 2. The maximum absolute atomic E-state index is 12.2. The predicted molar refractivity (Wildman–Crippen MR) is 63.6 cm³/mol. The summed E-state index contributed by atoms with van der Waals surface area (Å²) in [5, 5.41) is 0. The molecule has 0 spiro atoms. The van der Waals surface area contributed by atoms with Crippen LogP contribution in [0.1, 0.15) is 52.4 Å². The van der Waals surface area contributed by atoms with Gasteiger partial charge >= 0.3 is 0 Å². The summed E-state index contributed by atoms with van der Waals surface area (Å²) < 4.78 is 0. The van der Waals surface area contributed by atoms with Crippen LogP contribution in [0.15, 0.2) is 11.6 Å². The van der Waals surface area contributed by atoms with Crippen molar-refractivity contribution < 1.29 is 4.79 Å². The van der Waals surface area contributed by atoms with Crippen molar-refractivity contribution in [3.63, 3.8) is 0 Å². The van der Waals surface area contributed by atoms with Gasteiger partial charge in [-0.1, -0.05) is 31.3 Å². The maximum atomic E-state index is 12.2. The molecule has 1 saturated carbocycles. The molecule has 2 heteroatoms. The van der Waals surface area contributed by atoms with Gasteiger partial charge in [0.1, 0.15) is 0 Å². The second kappa shape index (κ2) is 5.45. The molecule has 1 rings (SSSR count). The molecular weight excluding hydrogens is 186 g/mol. The summed E-state index contributed by atoms with van der Waals surface area (Å²) in [5.41, 5.74) is 6.67. The van der Waals surface area contributed by atoms with Crippen LogP contribution in [-0.2, 0) is 4.79 Å². The smallest absolute Gasteiger partial charge is 0.163 e. The molecular formula is C13H23NO. The van der Waals surface area contributed by atoms with Gasteiger partial charge in [0.2, 0.25) is 0 Å². The fourth-order valence-electron chi connectivity index (χ4n) is 2.37. The van der Waals surface area contributed by atoms with Crippen molar-refractivity contribution in [2.24, 2.45) is 11.1 Å². The minimum Gasteiger partial charge on any atom is -0.329 e. The Morgan fingerprint density at radius 3 is 2.13 bits per heavy atom. The lowest BCUT2D eigenvalue weighted by atomic mass is 9.76. The van der Waals surface area contributed by atoms with E-state index in [1.165, 1.54) is 12.8 Å². The Labute approximate surface area is 92.9 Å². The van der Waals surface area contributed by atoms with E-state index in [2.05, 4.69) is 0 Å². The Kier molecular flexibility index (Phi) is 4.52. The fourth-order valence-corrected chi connectivity index (χ4v) is 2.37. The molecule has 1 aliphatic rings. The zero-order chi connectivity index (χ0) is 11.3. The molecule has 0 aromatic carbocycles. The Hall–Kier alpha value is -0.630. The van der Waals surface area contributed by atoms with Gasteiger partial charge in [0.15, 0.2) is 5.78 Å². The van der Waals surface area contributed by atoms with Gasteiger partial charge in [0.25, 0.3) is 0 Å². The lowest BCUT2D eigenvalue weighted by Gasteiger charge is -2.28. The van der Waals surface area contributed by atoms with E-state index in [1.807, 2.05) is 13.8 Å². The molecule has 0 atom stereocenters. The van der Waals surface area contributed by atoms with E-state index in [0.29, 0.717) is 6.54 Å². The molecule has 0 saturated heterocycles. The van der Waals surface area contributed by atoms with Crippen LogP contribution in [0.2, 0.25) is 0 Å². The molecule has 0 bridgehead atoms. The summed E-state index contributed by atoms with van der Waals surface area (Å²) in [5.74, 6) is 0.256. The van der Waals surface area contributed by atoms with Gasteiger partial charge in [-0.3, -0.25) is 4.79 Å². The van der Waals surface area contributed by atoms with Crippen LogP contribution in [0, 0.1) is 5.41 Å². The average molecular weight is 209 g/mol. The highest BCUT2D eigenvalue weighted by Crippen LogP contribution is 2.35. The van der Waals surface area contributed by atoms with Gasteiger partial charge in [0, 0.05) is 12.0 Å². The summed E-state index contributed by atoms with van der Waals surface area (Å²) >= 11 is 0. The highest BCUT2D eigenvalue weighted by atomic mass is 16.1. The zero-order valence-corrected chi connectivity index (χ0v) is 10.0. The van der Waals surface area contributed by atoms with Crippen LogP contribution in [0.4, 0.5) is 0 Å². The van der Waals surface area contributed by atoms with Crippen molar-refractivity contribution in [2.75, 3.05) is 6.54 Å². The van der Waals surface area contributed by atoms with E-state index in [1.54, 1.807) is 6.08 Å². The molecule has 1 aliphatic carbocycles. The van der Waals surface area contributed by atoms with Crippen molar-refractivity contribution in [3.8, 4) is 0 Å². The Morgan fingerprint density at radius 1 is 1.20 bits per heavy atom. The summed E-state index contributed by atoms with van der Waals surface area (Å²) in [6.07, 6.45) is 8.54. The summed E-state index contributed by atoms with van der Waals surface area (Å²) in [6, 6.07) is 0. The van der Waals surface area contributed by atoms with Gasteiger partial charge in [-0.2, -0.15) is 0 Å². The van der Waals surface area contributed by atoms with Crippen LogP contribution < -0.4 is 5.73 Å². The van der Waals surface area contributed by atoms with E-state index in [-0.39, 0.29) is 11.2 Å². The summed E-state index contributed by atoms with van der Waals surface area (Å²) in [4.78, 5) is 12.2. The van der Waals surface area contributed by atoms with Gasteiger partial charge in [-0.05, 0) is 32.8 Å². The number of nitrogens with two attached hydrogens (primary N) is 1. The molecule has 1 fully saturated rings. The van der Waals surface area contributed by atoms with Crippen molar-refractivity contribution in [2.45, 2.75) is 52.4 Å². The number of hydrogen-bond acceptors (Lipinski definition) is 2. The van der Waals surface area contributed by atoms with Crippen molar-refractivity contribution >= 4 is 5.78 Å². The van der Waals surface area contributed by atoms with Crippen molar-refractivity contribution in [3.05, 3.63) is 11.6 Å². The topological polar surface area (TPSA) is 43.1 Å². The normalized spacial score (nSPS) is 20.5. The van der Waals surface area contributed by atoms with E-state index in [9.17, 15) is 4.79 Å². The second-order valence-corrected chi connectivity index (χ2v) is 4.98. The van der Waals surface area contributed by atoms with E-state index in [4.69, 9.17) is 5.73 Å². The summed E-state index contributed by atoms with van der Waals surface area (Å²) in [6.45, 7) is 4.45. The van der Waals surface area contributed by atoms with Crippen LogP contribution in [0.5, 0.6) is 0 Å². The van der Waals surface area contributed by atoms with E-state index in [0.717, 1.165) is 31.3 Å². The van der Waals surface area contributed by atoms with E-state index >= 15 is 0 Å². The first-order valence-corrected chi connectivity index (χ1v) is 6.00. The van der Waals surface area contributed by atoms with Crippen molar-refractivity contribution in [1.29, 1.82) is 0 Å². The largest absolute Gasteiger partial charge is 0.329 e. The Morgan fingerprint density at radius 2 is 1.73 bits per heavy atom. The van der Waals surface area contributed by atoms with E-state index < -0.39 is 0 Å². The third-order valence-corrected chi connectivity index (χ3v) is 3.39. The number of carbonyl (C=O) groups is 1. The Bertz CT molecular complexity index is 243. The minimum absolute atomic E-state index is 0.242. The van der Waals surface area contributed by atoms with Crippen molar-refractivity contribution in [1.82, 2.24) is 0 Å². The number of carbonyl (C=O) groups excluding carboxylic acids is 1. The number of hydrogen-bond donors (Lipinski definition) is 1. The van der Waals surface area contributed by atoms with Gasteiger partial charge < -0.3 is 5.73 Å². The van der Waals surface area contributed by atoms with Crippen LogP contribution in [0.25, 0.3) is 0 Å². The SMILES string of the molecule is CC(C)=CC(=O)C1(CN)CCCCCC1. The molecule has 2 nitrogen and oxygen atoms in total. The molecule has 2 N–H and O–H groups in total. The molecule has 0 amide bonds. The first-order chi connectivity index (χ1) is 7.10. The third kappa shape index (κ3) is 3.16. The lowest BCUT2D eigenvalue weighted by Crippen LogP contribution is -2.37. The highest BCUT2D eigenvalue weighted by Gasteiger charge is 2.35. The molecule has 0 unspecified atom stereocenters. The van der Waals surface area contributed by atoms with Gasteiger partial charge in [-0.25, -0.2) is 0 Å². The molecule has 0 heterocycles. The molecule has 0 aliphatic heterocycles. The maximum Gasteiger partial charge on any atom is 0.163 e. The summed E-state index contributed by atoms with van der Waals surface area (Å²) in [7, 11) is 0. The van der Waals surface area contributed by atoms with Crippen LogP contribution in [0.3, 0.4) is 0 Å². The molecule has 0 aromatic rings. The zero-order valence-electron chi connectivity index (χ0n) is 10.0. The molecule has 15 heavy (non-hydrogen) atoms. The highest BCUT2D eigenvalue weighted by molar-refractivity contribution is 5.95. The average Bonchev–Trinajstić information content (AvgIpc) is 2.42. The molecule has 86 valence electrons. The molecule has 0 radical (unpaired) electrons. The van der Waals surface area contributed by atoms with Gasteiger partial charge in [-0.15, -0.1) is 0 Å². The molecule has 0 aromatic heterocycles. The first-order valence-electron chi connectivity index (χ1n) is 6.00. The number of ketones is 1. The fraction of sp³-hybridized carbons (Fsp3) is 0.769.